The molecule has 1 aliphatic rings. The molecule has 0 saturated carbocycles. The van der Waals surface area contributed by atoms with Crippen molar-refractivity contribution >= 4 is 17.3 Å². The van der Waals surface area contributed by atoms with Gasteiger partial charge in [0.15, 0.2) is 0 Å². The molecule has 2 rings (SSSR count). The molecule has 1 aromatic carbocycles. The molecule has 1 N–H and O–H groups in total. The second-order valence-corrected chi connectivity index (χ2v) is 5.50. The Morgan fingerprint density at radius 1 is 1.37 bits per heavy atom. The number of hydrogen-bond donors (Lipinski definition) is 1. The maximum Gasteiger partial charge on any atom is 0.224 e. The van der Waals surface area contributed by atoms with Gasteiger partial charge in [-0.2, -0.15) is 0 Å². The second kappa shape index (κ2) is 6.04. The number of hydrogen-bond acceptors (Lipinski definition) is 2. The molecular weight excluding hydrogens is 243 g/mol. The van der Waals surface area contributed by atoms with Gasteiger partial charge < -0.3 is 10.2 Å². The predicted octanol–water partition coefficient (Wildman–Crippen LogP) is 3.41. The van der Waals surface area contributed by atoms with Gasteiger partial charge in [-0.1, -0.05) is 13.8 Å². The molecule has 1 fully saturated rings. The summed E-state index contributed by atoms with van der Waals surface area (Å²) in [4.78, 5) is 13.9. The Hall–Kier alpha value is -1.58. The molecule has 1 amide bonds. The Balaban J connectivity index is 2.10. The first-order chi connectivity index (χ1) is 9.06. The Labute approximate surface area is 113 Å². The number of nitrogens with one attached hydrogen (secondary N) is 1. The number of carbonyl (C=O) groups is 1. The van der Waals surface area contributed by atoms with Crippen molar-refractivity contribution in [1.29, 1.82) is 0 Å². The fraction of sp³-hybridized carbons (Fsp3) is 0.533. The highest BCUT2D eigenvalue weighted by Gasteiger charge is 2.15. The molecule has 0 atom stereocenters. The third-order valence-corrected chi connectivity index (χ3v) is 3.29. The fourth-order valence-corrected chi connectivity index (χ4v) is 2.35. The van der Waals surface area contributed by atoms with E-state index in [4.69, 9.17) is 0 Å². The number of rotatable bonds is 4. The molecule has 0 aromatic heterocycles. The predicted molar refractivity (Wildman–Crippen MR) is 75.9 cm³/mol. The van der Waals surface area contributed by atoms with Crippen molar-refractivity contribution in [2.45, 2.75) is 33.1 Å². The number of benzene rings is 1. The maximum absolute atomic E-state index is 13.7. The Morgan fingerprint density at radius 3 is 2.68 bits per heavy atom. The zero-order chi connectivity index (χ0) is 13.8. The van der Waals surface area contributed by atoms with E-state index in [1.165, 1.54) is 18.9 Å². The molecule has 1 aliphatic heterocycles. The summed E-state index contributed by atoms with van der Waals surface area (Å²) in [5.74, 6) is -0.239. The minimum atomic E-state index is -0.375. The molecule has 1 saturated heterocycles. The van der Waals surface area contributed by atoms with Crippen molar-refractivity contribution in [2.75, 3.05) is 23.3 Å². The highest BCUT2D eigenvalue weighted by Crippen LogP contribution is 2.25. The Kier molecular flexibility index (Phi) is 4.40. The van der Waals surface area contributed by atoms with Crippen LogP contribution >= 0.6 is 0 Å². The van der Waals surface area contributed by atoms with Gasteiger partial charge in [-0.25, -0.2) is 4.39 Å². The number of amides is 1. The van der Waals surface area contributed by atoms with E-state index in [2.05, 4.69) is 10.2 Å². The van der Waals surface area contributed by atoms with Crippen LogP contribution in [0.25, 0.3) is 0 Å². The largest absolute Gasteiger partial charge is 0.371 e. The number of carbonyl (C=O) groups excluding carboxylic acids is 1. The van der Waals surface area contributed by atoms with Crippen molar-refractivity contribution in [3.05, 3.63) is 24.0 Å². The molecule has 4 heteroatoms. The van der Waals surface area contributed by atoms with Crippen LogP contribution in [0.5, 0.6) is 0 Å². The second-order valence-electron chi connectivity index (χ2n) is 5.50. The summed E-state index contributed by atoms with van der Waals surface area (Å²) in [6.45, 7) is 5.95. The standard InChI is InChI=1S/C15H21FN2O/c1-11(2)9-15(19)17-14-10-12(5-6-13(14)16)18-7-3-4-8-18/h5-6,10-11H,3-4,7-9H2,1-2H3,(H,17,19). The van der Waals surface area contributed by atoms with E-state index in [-0.39, 0.29) is 23.3 Å². The van der Waals surface area contributed by atoms with E-state index in [0.29, 0.717) is 6.42 Å². The lowest BCUT2D eigenvalue weighted by Crippen LogP contribution is -2.19. The highest BCUT2D eigenvalue weighted by atomic mass is 19.1. The fourth-order valence-electron chi connectivity index (χ4n) is 2.35. The maximum atomic E-state index is 13.7. The number of anilines is 2. The van der Waals surface area contributed by atoms with Gasteiger partial charge in [0.1, 0.15) is 5.82 Å². The van der Waals surface area contributed by atoms with E-state index >= 15 is 0 Å². The van der Waals surface area contributed by atoms with Gasteiger partial charge in [0.25, 0.3) is 0 Å². The Bertz CT molecular complexity index is 453. The first-order valence-electron chi connectivity index (χ1n) is 6.90. The van der Waals surface area contributed by atoms with Gasteiger partial charge in [-0.3, -0.25) is 4.79 Å². The van der Waals surface area contributed by atoms with Gasteiger partial charge in [0, 0.05) is 25.2 Å². The van der Waals surface area contributed by atoms with Gasteiger partial charge in [-0.05, 0) is 37.0 Å². The summed E-state index contributed by atoms with van der Waals surface area (Å²) < 4.78 is 13.7. The van der Waals surface area contributed by atoms with Crippen molar-refractivity contribution in [1.82, 2.24) is 0 Å². The van der Waals surface area contributed by atoms with Crippen LogP contribution in [0.1, 0.15) is 33.1 Å². The first kappa shape index (κ1) is 13.8. The molecule has 1 aromatic rings. The van der Waals surface area contributed by atoms with Crippen molar-refractivity contribution < 1.29 is 9.18 Å². The van der Waals surface area contributed by atoms with Crippen LogP contribution in [0.15, 0.2) is 18.2 Å². The average Bonchev–Trinajstić information content (AvgIpc) is 2.84. The molecule has 3 nitrogen and oxygen atoms in total. The molecule has 0 radical (unpaired) electrons. The number of halogens is 1. The van der Waals surface area contributed by atoms with E-state index in [1.54, 1.807) is 12.1 Å². The summed E-state index contributed by atoms with van der Waals surface area (Å²) in [5.41, 5.74) is 1.27. The van der Waals surface area contributed by atoms with Crippen LogP contribution in [-0.4, -0.2) is 19.0 Å². The summed E-state index contributed by atoms with van der Waals surface area (Å²) in [6, 6.07) is 4.94. The summed E-state index contributed by atoms with van der Waals surface area (Å²) in [6.07, 6.45) is 2.76. The highest BCUT2D eigenvalue weighted by molar-refractivity contribution is 5.91. The monoisotopic (exact) mass is 264 g/mol. The zero-order valence-electron chi connectivity index (χ0n) is 11.6. The van der Waals surface area contributed by atoms with Gasteiger partial charge in [-0.15, -0.1) is 0 Å². The molecule has 1 heterocycles. The normalized spacial score (nSPS) is 15.1. The average molecular weight is 264 g/mol. The Morgan fingerprint density at radius 2 is 2.05 bits per heavy atom. The lowest BCUT2D eigenvalue weighted by molar-refractivity contribution is -0.116. The van der Waals surface area contributed by atoms with Crippen LogP contribution in [0, 0.1) is 11.7 Å². The van der Waals surface area contributed by atoms with Crippen LogP contribution in [0.2, 0.25) is 0 Å². The minimum Gasteiger partial charge on any atom is -0.371 e. The van der Waals surface area contributed by atoms with Gasteiger partial charge in [0.2, 0.25) is 5.91 Å². The summed E-state index contributed by atoms with van der Waals surface area (Å²) in [7, 11) is 0. The van der Waals surface area contributed by atoms with Crippen molar-refractivity contribution in [2.24, 2.45) is 5.92 Å². The van der Waals surface area contributed by atoms with E-state index in [9.17, 15) is 9.18 Å². The molecule has 104 valence electrons. The van der Waals surface area contributed by atoms with Gasteiger partial charge >= 0.3 is 0 Å². The summed E-state index contributed by atoms with van der Waals surface area (Å²) >= 11 is 0. The topological polar surface area (TPSA) is 32.3 Å². The van der Waals surface area contributed by atoms with E-state index < -0.39 is 0 Å². The summed E-state index contributed by atoms with van der Waals surface area (Å²) in [5, 5.41) is 2.66. The van der Waals surface area contributed by atoms with Gasteiger partial charge in [0.05, 0.1) is 5.69 Å². The first-order valence-corrected chi connectivity index (χ1v) is 6.90. The smallest absolute Gasteiger partial charge is 0.224 e. The van der Waals surface area contributed by atoms with Crippen LogP contribution < -0.4 is 10.2 Å². The molecule has 0 unspecified atom stereocenters. The van der Waals surface area contributed by atoms with Crippen molar-refractivity contribution in [3.63, 3.8) is 0 Å². The molecular formula is C15H21FN2O. The van der Waals surface area contributed by atoms with Crippen LogP contribution in [-0.2, 0) is 4.79 Å². The molecule has 0 spiro atoms. The minimum absolute atomic E-state index is 0.132. The van der Waals surface area contributed by atoms with E-state index in [1.807, 2.05) is 13.8 Å². The van der Waals surface area contributed by atoms with E-state index in [0.717, 1.165) is 18.8 Å². The molecule has 0 bridgehead atoms. The lowest BCUT2D eigenvalue weighted by atomic mass is 10.1. The van der Waals surface area contributed by atoms with Crippen LogP contribution in [0.3, 0.4) is 0 Å². The van der Waals surface area contributed by atoms with Crippen molar-refractivity contribution in [3.8, 4) is 0 Å². The zero-order valence-corrected chi connectivity index (χ0v) is 11.6. The lowest BCUT2D eigenvalue weighted by Gasteiger charge is -2.19. The SMILES string of the molecule is CC(C)CC(=O)Nc1cc(N2CCCC2)ccc1F. The quantitative estimate of drug-likeness (QED) is 0.903. The molecule has 19 heavy (non-hydrogen) atoms. The third kappa shape index (κ3) is 3.69. The van der Waals surface area contributed by atoms with Crippen LogP contribution in [0.4, 0.5) is 15.8 Å². The molecule has 0 aliphatic carbocycles. The number of nitrogens with zero attached hydrogens (tertiary/aromatic N) is 1. The third-order valence-electron chi connectivity index (χ3n) is 3.29.